The molecular formula is C36H53N5O6. The first kappa shape index (κ1) is 36.1. The van der Waals surface area contributed by atoms with Crippen molar-refractivity contribution < 1.29 is 28.8 Å². The molecule has 1 aromatic rings. The van der Waals surface area contributed by atoms with E-state index in [4.69, 9.17) is 0 Å². The number of unbranched alkanes of at least 4 members (excludes halogenated alkanes) is 1. The fraction of sp³-hybridized carbons (Fsp3) is 0.667. The number of benzene rings is 1. The van der Waals surface area contributed by atoms with E-state index in [2.05, 4.69) is 29.8 Å². The van der Waals surface area contributed by atoms with E-state index in [0.717, 1.165) is 32.1 Å². The van der Waals surface area contributed by atoms with Gasteiger partial charge < -0.3 is 25.8 Å². The topological polar surface area (TPSA) is 145 Å². The van der Waals surface area contributed by atoms with E-state index in [0.29, 0.717) is 24.4 Å². The van der Waals surface area contributed by atoms with Crippen LogP contribution in [0.2, 0.25) is 0 Å². The lowest BCUT2D eigenvalue weighted by atomic mass is 9.80. The Hall–Kier alpha value is -3.76. The zero-order chi connectivity index (χ0) is 34.5. The number of hydrogen-bond donors (Lipinski definition) is 3. The van der Waals surface area contributed by atoms with Crippen molar-refractivity contribution >= 4 is 35.3 Å². The quantitative estimate of drug-likeness (QED) is 0.264. The number of likely N-dealkylation sites (N-methyl/N-ethyl adjacent to an activating group) is 1. The monoisotopic (exact) mass is 651 g/mol. The van der Waals surface area contributed by atoms with Crippen molar-refractivity contribution in [1.29, 1.82) is 0 Å². The zero-order valence-electron chi connectivity index (χ0n) is 28.8. The first-order valence-corrected chi connectivity index (χ1v) is 17.3. The van der Waals surface area contributed by atoms with E-state index in [1.54, 1.807) is 49.3 Å². The second kappa shape index (κ2) is 15.4. The Kier molecular flexibility index (Phi) is 11.8. The summed E-state index contributed by atoms with van der Waals surface area (Å²) in [5, 5.41) is 7.86. The Labute approximate surface area is 279 Å². The summed E-state index contributed by atoms with van der Waals surface area (Å²) >= 11 is 0. The number of carbonyl (C=O) groups excluding carboxylic acids is 6. The van der Waals surface area contributed by atoms with Crippen LogP contribution in [0.5, 0.6) is 0 Å². The van der Waals surface area contributed by atoms with Crippen molar-refractivity contribution in [2.45, 2.75) is 97.2 Å². The van der Waals surface area contributed by atoms with E-state index in [1.165, 1.54) is 11.3 Å². The summed E-state index contributed by atoms with van der Waals surface area (Å²) in [6, 6.07) is 6.00. The van der Waals surface area contributed by atoms with Crippen molar-refractivity contribution in [1.82, 2.24) is 25.8 Å². The molecule has 258 valence electrons. The summed E-state index contributed by atoms with van der Waals surface area (Å²) in [4.78, 5) is 82.9. The molecule has 2 aliphatic carbocycles. The molecule has 5 amide bonds. The van der Waals surface area contributed by atoms with Crippen LogP contribution < -0.4 is 16.0 Å². The van der Waals surface area contributed by atoms with Gasteiger partial charge in [0.2, 0.25) is 29.4 Å². The maximum absolute atomic E-state index is 13.9. The highest BCUT2D eigenvalue weighted by Crippen LogP contribution is 2.65. The number of carbonyl (C=O) groups is 6. The van der Waals surface area contributed by atoms with Crippen LogP contribution in [0.4, 0.5) is 0 Å². The minimum Gasteiger partial charge on any atom is -0.347 e. The maximum atomic E-state index is 13.9. The highest BCUT2D eigenvalue weighted by molar-refractivity contribution is 6.38. The molecule has 0 bridgehead atoms. The molecule has 4 rings (SSSR count). The van der Waals surface area contributed by atoms with Crippen LogP contribution >= 0.6 is 0 Å². The smallest absolute Gasteiger partial charge is 0.290 e. The number of ketones is 1. The highest BCUT2D eigenvalue weighted by Gasteiger charge is 2.69. The average Bonchev–Trinajstić information content (AvgIpc) is 3.37. The third kappa shape index (κ3) is 8.22. The molecule has 2 saturated carbocycles. The van der Waals surface area contributed by atoms with Crippen molar-refractivity contribution in [3.05, 3.63) is 35.9 Å². The number of rotatable bonds is 14. The molecule has 1 unspecified atom stereocenters. The fourth-order valence-electron chi connectivity index (χ4n) is 7.65. The van der Waals surface area contributed by atoms with Gasteiger partial charge in [0.15, 0.2) is 0 Å². The van der Waals surface area contributed by atoms with Crippen LogP contribution in [0.25, 0.3) is 0 Å². The first-order valence-electron chi connectivity index (χ1n) is 17.3. The molecule has 11 heteroatoms. The molecule has 6 atom stereocenters. The van der Waals surface area contributed by atoms with Gasteiger partial charge in [0.1, 0.15) is 12.1 Å². The maximum Gasteiger partial charge on any atom is 0.290 e. The molecule has 3 fully saturated rings. The number of likely N-dealkylation sites (tertiary alicyclic amines) is 1. The number of fused-ring (bicyclic) bond motifs is 1. The Morgan fingerprint density at radius 3 is 2.26 bits per heavy atom. The predicted octanol–water partition coefficient (Wildman–Crippen LogP) is 2.99. The minimum absolute atomic E-state index is 0.00166. The third-order valence-electron chi connectivity index (χ3n) is 10.7. The van der Waals surface area contributed by atoms with Crippen molar-refractivity contribution in [2.24, 2.45) is 29.1 Å². The lowest BCUT2D eigenvalue weighted by Crippen LogP contribution is -2.56. The van der Waals surface area contributed by atoms with Crippen LogP contribution in [0.15, 0.2) is 30.3 Å². The molecule has 0 spiro atoms. The standard InChI is InChI=1S/C36H53N5O6/c1-7-8-19-26(31(43)33(45)37-20-27(42)39-29(35(47)40(5)6)24-17-13-10-14-18-24)38-32(44)30-28-25(36(28,3)4)21-41(30)34(46)22(2)23-15-11-9-12-16-23/h10,13-14,17-18,22-23,25-26,28-30H,7-9,11-12,15-16,19-21H2,1-6H3,(H,37,45)(H,38,44)(H,39,42)/t22-,25-,26?,28-,29-,30-/m0/s1. The van der Waals surface area contributed by atoms with Crippen LogP contribution in [0, 0.1) is 29.1 Å². The number of Topliss-reactive ketones (excluding diaryl/α,β-unsaturated/α-hetero) is 1. The Bertz CT molecular complexity index is 1320. The molecule has 0 radical (unpaired) electrons. The van der Waals surface area contributed by atoms with Gasteiger partial charge in [0, 0.05) is 26.6 Å². The summed E-state index contributed by atoms with van der Waals surface area (Å²) < 4.78 is 0. The minimum atomic E-state index is -1.09. The van der Waals surface area contributed by atoms with E-state index in [1.807, 2.05) is 13.8 Å². The third-order valence-corrected chi connectivity index (χ3v) is 10.7. The number of nitrogens with zero attached hydrogens (tertiary/aromatic N) is 2. The molecule has 3 aliphatic rings. The van der Waals surface area contributed by atoms with E-state index >= 15 is 0 Å². The second-order valence-electron chi connectivity index (χ2n) is 14.5. The molecule has 3 N–H and O–H groups in total. The Morgan fingerprint density at radius 2 is 1.64 bits per heavy atom. The van der Waals surface area contributed by atoms with E-state index < -0.39 is 48.2 Å². The normalized spacial score (nSPS) is 23.4. The zero-order valence-corrected chi connectivity index (χ0v) is 28.8. The predicted molar refractivity (Wildman–Crippen MR) is 177 cm³/mol. The van der Waals surface area contributed by atoms with Gasteiger partial charge in [-0.3, -0.25) is 28.8 Å². The number of nitrogens with one attached hydrogen (secondary N) is 3. The van der Waals surface area contributed by atoms with E-state index in [9.17, 15) is 28.8 Å². The van der Waals surface area contributed by atoms with Gasteiger partial charge >= 0.3 is 0 Å². The summed E-state index contributed by atoms with van der Waals surface area (Å²) in [6.45, 7) is 8.16. The molecule has 47 heavy (non-hydrogen) atoms. The summed E-state index contributed by atoms with van der Waals surface area (Å²) in [5.41, 5.74) is 0.490. The molecule has 11 nitrogen and oxygen atoms in total. The van der Waals surface area contributed by atoms with Gasteiger partial charge in [0.25, 0.3) is 5.91 Å². The lowest BCUT2D eigenvalue weighted by molar-refractivity contribution is -0.146. The van der Waals surface area contributed by atoms with Crippen molar-refractivity contribution in [3.63, 3.8) is 0 Å². The van der Waals surface area contributed by atoms with Gasteiger partial charge in [-0.2, -0.15) is 0 Å². The summed E-state index contributed by atoms with van der Waals surface area (Å²) in [6.07, 6.45) is 7.08. The molecule has 1 aliphatic heterocycles. The van der Waals surface area contributed by atoms with Gasteiger partial charge in [-0.1, -0.05) is 90.1 Å². The first-order chi connectivity index (χ1) is 22.3. The van der Waals surface area contributed by atoms with Gasteiger partial charge in [-0.05, 0) is 48.0 Å². The Balaban J connectivity index is 1.41. The summed E-state index contributed by atoms with van der Waals surface area (Å²) in [5.74, 6) is -2.88. The van der Waals surface area contributed by atoms with Crippen LogP contribution in [-0.4, -0.2) is 84.4 Å². The van der Waals surface area contributed by atoms with E-state index in [-0.39, 0.29) is 41.4 Å². The van der Waals surface area contributed by atoms with Crippen LogP contribution in [-0.2, 0) is 28.8 Å². The molecule has 1 aromatic carbocycles. The van der Waals surface area contributed by atoms with Gasteiger partial charge in [0.05, 0.1) is 12.6 Å². The van der Waals surface area contributed by atoms with Gasteiger partial charge in [-0.25, -0.2) is 0 Å². The fourth-order valence-corrected chi connectivity index (χ4v) is 7.65. The Morgan fingerprint density at radius 1 is 0.979 bits per heavy atom. The van der Waals surface area contributed by atoms with Gasteiger partial charge in [-0.15, -0.1) is 0 Å². The summed E-state index contributed by atoms with van der Waals surface area (Å²) in [7, 11) is 3.16. The van der Waals surface area contributed by atoms with Crippen molar-refractivity contribution in [3.8, 4) is 0 Å². The highest BCUT2D eigenvalue weighted by atomic mass is 16.2. The average molecular weight is 652 g/mol. The van der Waals surface area contributed by atoms with Crippen LogP contribution in [0.1, 0.15) is 90.7 Å². The molecule has 1 heterocycles. The lowest BCUT2D eigenvalue weighted by Gasteiger charge is -2.35. The number of hydrogen-bond acceptors (Lipinski definition) is 6. The number of piperidine rings is 1. The SMILES string of the molecule is CCCCC(NC(=O)[C@@H]1[C@@H]2[C@H](CN1C(=O)[C@@H](C)C1CCCCC1)C2(C)C)C(=O)C(=O)NCC(=O)N[C@H](C(=O)N(C)C)c1ccccc1. The largest absolute Gasteiger partial charge is 0.347 e. The van der Waals surface area contributed by atoms with Crippen molar-refractivity contribution in [2.75, 3.05) is 27.2 Å². The molecular weight excluding hydrogens is 598 g/mol. The van der Waals surface area contributed by atoms with Crippen LogP contribution in [0.3, 0.4) is 0 Å². The molecule has 1 saturated heterocycles. The second-order valence-corrected chi connectivity index (χ2v) is 14.5. The number of amides is 5. The molecule has 0 aromatic heterocycles.